The van der Waals surface area contributed by atoms with Gasteiger partial charge in [0.2, 0.25) is 0 Å². The van der Waals surface area contributed by atoms with Gasteiger partial charge in [0, 0.05) is 10.0 Å². The second-order valence-electron chi connectivity index (χ2n) is 5.42. The van der Waals surface area contributed by atoms with Gasteiger partial charge in [-0.15, -0.1) is 0 Å². The molecule has 0 heterocycles. The smallest absolute Gasteiger partial charge is 0.340 e. The van der Waals surface area contributed by atoms with Gasteiger partial charge < -0.3 is 10.1 Å². The zero-order valence-electron chi connectivity index (χ0n) is 13.6. The highest BCUT2D eigenvalue weighted by molar-refractivity contribution is 6.35. The van der Waals surface area contributed by atoms with Gasteiger partial charge in [0.05, 0.1) is 16.6 Å². The lowest BCUT2D eigenvalue weighted by Gasteiger charge is -2.19. The van der Waals surface area contributed by atoms with Crippen LogP contribution in [0.5, 0.6) is 0 Å². The SMILES string of the molecule is C[C@H](OC(=O)c1ccccc1Cl)C(=O)N[C@@H](C)c1ccc(Cl)cc1Cl. The molecule has 0 saturated heterocycles. The van der Waals surface area contributed by atoms with Crippen molar-refractivity contribution in [1.82, 2.24) is 5.32 Å². The quantitative estimate of drug-likeness (QED) is 0.713. The number of rotatable bonds is 5. The second kappa shape index (κ2) is 8.56. The lowest BCUT2D eigenvalue weighted by Crippen LogP contribution is -2.37. The summed E-state index contributed by atoms with van der Waals surface area (Å²) in [5, 5.41) is 3.97. The van der Waals surface area contributed by atoms with Gasteiger partial charge in [0.25, 0.3) is 5.91 Å². The van der Waals surface area contributed by atoms with Crippen LogP contribution in [0.2, 0.25) is 15.1 Å². The molecule has 1 N–H and O–H groups in total. The van der Waals surface area contributed by atoms with Crippen LogP contribution in [0.25, 0.3) is 0 Å². The minimum atomic E-state index is -0.989. The highest BCUT2D eigenvalue weighted by Gasteiger charge is 2.22. The first-order chi connectivity index (χ1) is 11.8. The Morgan fingerprint density at radius 1 is 1.00 bits per heavy atom. The van der Waals surface area contributed by atoms with Crippen molar-refractivity contribution in [2.24, 2.45) is 0 Å². The standard InChI is InChI=1S/C18H16Cl3NO3/c1-10(13-8-7-12(19)9-16(13)21)22-17(23)11(2)25-18(24)14-5-3-4-6-15(14)20/h3-11H,1-2H3,(H,22,23)/t10-,11-/m0/s1. The number of carbonyl (C=O) groups excluding carboxylic acids is 2. The molecular formula is C18H16Cl3NO3. The largest absolute Gasteiger partial charge is 0.449 e. The molecule has 0 unspecified atom stereocenters. The third-order valence-corrected chi connectivity index (χ3v) is 4.43. The van der Waals surface area contributed by atoms with Crippen molar-refractivity contribution in [3.8, 4) is 0 Å². The molecule has 0 aromatic heterocycles. The fraction of sp³-hybridized carbons (Fsp3) is 0.222. The zero-order valence-corrected chi connectivity index (χ0v) is 15.8. The minimum absolute atomic E-state index is 0.206. The molecule has 2 aromatic carbocycles. The molecule has 25 heavy (non-hydrogen) atoms. The van der Waals surface area contributed by atoms with E-state index in [0.717, 1.165) is 0 Å². The average Bonchev–Trinajstić information content (AvgIpc) is 2.54. The third kappa shape index (κ3) is 5.11. The van der Waals surface area contributed by atoms with Crippen LogP contribution < -0.4 is 5.32 Å². The molecule has 7 heteroatoms. The summed E-state index contributed by atoms with van der Waals surface area (Å²) in [5.74, 6) is -1.11. The van der Waals surface area contributed by atoms with Gasteiger partial charge in [-0.05, 0) is 43.7 Å². The second-order valence-corrected chi connectivity index (χ2v) is 6.67. The first kappa shape index (κ1) is 19.6. The van der Waals surface area contributed by atoms with E-state index >= 15 is 0 Å². The number of hydrogen-bond donors (Lipinski definition) is 1. The van der Waals surface area contributed by atoms with E-state index in [0.29, 0.717) is 15.6 Å². The molecule has 0 saturated carbocycles. The van der Waals surface area contributed by atoms with Crippen LogP contribution in [-0.4, -0.2) is 18.0 Å². The number of nitrogens with one attached hydrogen (secondary N) is 1. The molecule has 0 radical (unpaired) electrons. The Labute approximate surface area is 161 Å². The van der Waals surface area contributed by atoms with Crippen LogP contribution in [0.4, 0.5) is 0 Å². The van der Waals surface area contributed by atoms with Gasteiger partial charge in [0.1, 0.15) is 0 Å². The van der Waals surface area contributed by atoms with Crippen LogP contribution in [-0.2, 0) is 9.53 Å². The normalized spacial score (nSPS) is 13.0. The maximum Gasteiger partial charge on any atom is 0.340 e. The van der Waals surface area contributed by atoms with Gasteiger partial charge in [-0.2, -0.15) is 0 Å². The van der Waals surface area contributed by atoms with Crippen molar-refractivity contribution in [2.75, 3.05) is 0 Å². The van der Waals surface area contributed by atoms with E-state index in [1.807, 2.05) is 0 Å². The molecule has 0 aliphatic heterocycles. The Kier molecular flexibility index (Phi) is 6.71. The molecule has 0 fully saturated rings. The van der Waals surface area contributed by atoms with Crippen molar-refractivity contribution in [3.63, 3.8) is 0 Å². The average molecular weight is 401 g/mol. The maximum atomic E-state index is 12.3. The van der Waals surface area contributed by atoms with Crippen LogP contribution in [0.3, 0.4) is 0 Å². The molecular weight excluding hydrogens is 385 g/mol. The van der Waals surface area contributed by atoms with Gasteiger partial charge in [-0.3, -0.25) is 4.79 Å². The van der Waals surface area contributed by atoms with Crippen LogP contribution in [0, 0.1) is 0 Å². The first-order valence-corrected chi connectivity index (χ1v) is 8.64. The number of amides is 1. The minimum Gasteiger partial charge on any atom is -0.449 e. The van der Waals surface area contributed by atoms with E-state index in [1.54, 1.807) is 43.3 Å². The summed E-state index contributed by atoms with van der Waals surface area (Å²) in [6.45, 7) is 3.26. The van der Waals surface area contributed by atoms with Crippen molar-refractivity contribution >= 4 is 46.7 Å². The first-order valence-electron chi connectivity index (χ1n) is 7.50. The van der Waals surface area contributed by atoms with Gasteiger partial charge >= 0.3 is 5.97 Å². The summed E-state index contributed by atoms with van der Waals surface area (Å²) in [6.07, 6.45) is -0.989. The fourth-order valence-corrected chi connectivity index (χ4v) is 2.95. The summed E-state index contributed by atoms with van der Waals surface area (Å²) in [5.41, 5.74) is 0.918. The number of benzene rings is 2. The molecule has 0 spiro atoms. The Morgan fingerprint density at radius 2 is 1.68 bits per heavy atom. The topological polar surface area (TPSA) is 55.4 Å². The Hall–Kier alpha value is -1.75. The lowest BCUT2D eigenvalue weighted by atomic mass is 10.1. The van der Waals surface area contributed by atoms with E-state index in [9.17, 15) is 9.59 Å². The molecule has 2 aromatic rings. The van der Waals surface area contributed by atoms with Gasteiger partial charge in [-0.1, -0.05) is 53.0 Å². The third-order valence-electron chi connectivity index (χ3n) is 3.53. The number of ether oxygens (including phenoxy) is 1. The van der Waals surface area contributed by atoms with E-state index in [-0.39, 0.29) is 16.6 Å². The predicted molar refractivity (Wildman–Crippen MR) is 99.3 cm³/mol. The summed E-state index contributed by atoms with van der Waals surface area (Å²) < 4.78 is 5.18. The number of esters is 1. The van der Waals surface area contributed by atoms with Crippen molar-refractivity contribution in [1.29, 1.82) is 0 Å². The van der Waals surface area contributed by atoms with E-state index in [4.69, 9.17) is 39.5 Å². The fourth-order valence-electron chi connectivity index (χ4n) is 2.17. The Balaban J connectivity index is 2.00. The van der Waals surface area contributed by atoms with Crippen LogP contribution >= 0.6 is 34.8 Å². The summed E-state index contributed by atoms with van der Waals surface area (Å²) >= 11 is 17.9. The number of halogens is 3. The Morgan fingerprint density at radius 3 is 2.32 bits per heavy atom. The van der Waals surface area contributed by atoms with Crippen molar-refractivity contribution in [3.05, 3.63) is 68.7 Å². The molecule has 4 nitrogen and oxygen atoms in total. The van der Waals surface area contributed by atoms with E-state index in [2.05, 4.69) is 5.32 Å². The summed E-state index contributed by atoms with van der Waals surface area (Å²) in [4.78, 5) is 24.4. The number of carbonyl (C=O) groups is 2. The highest BCUT2D eigenvalue weighted by Crippen LogP contribution is 2.26. The molecule has 1 amide bonds. The molecule has 0 aliphatic rings. The van der Waals surface area contributed by atoms with Crippen LogP contribution in [0.15, 0.2) is 42.5 Å². The van der Waals surface area contributed by atoms with Crippen molar-refractivity contribution < 1.29 is 14.3 Å². The lowest BCUT2D eigenvalue weighted by molar-refractivity contribution is -0.129. The predicted octanol–water partition coefficient (Wildman–Crippen LogP) is 5.07. The summed E-state index contributed by atoms with van der Waals surface area (Å²) in [7, 11) is 0. The highest BCUT2D eigenvalue weighted by atomic mass is 35.5. The van der Waals surface area contributed by atoms with E-state index in [1.165, 1.54) is 13.0 Å². The van der Waals surface area contributed by atoms with E-state index < -0.39 is 18.0 Å². The number of hydrogen-bond acceptors (Lipinski definition) is 3. The molecule has 0 bridgehead atoms. The maximum absolute atomic E-state index is 12.3. The monoisotopic (exact) mass is 399 g/mol. The van der Waals surface area contributed by atoms with Gasteiger partial charge in [0.15, 0.2) is 6.10 Å². The molecule has 2 atom stereocenters. The molecule has 132 valence electrons. The van der Waals surface area contributed by atoms with Crippen molar-refractivity contribution in [2.45, 2.75) is 26.0 Å². The van der Waals surface area contributed by atoms with Gasteiger partial charge in [-0.25, -0.2) is 4.79 Å². The molecule has 2 rings (SSSR count). The Bertz CT molecular complexity index is 795. The zero-order chi connectivity index (χ0) is 18.6. The van der Waals surface area contributed by atoms with Crippen LogP contribution in [0.1, 0.15) is 35.8 Å². The summed E-state index contributed by atoms with van der Waals surface area (Å²) in [6, 6.07) is 11.1. The molecule has 0 aliphatic carbocycles.